The molecule has 1 rings (SSSR count). The molecule has 1 aromatic carbocycles. The summed E-state index contributed by atoms with van der Waals surface area (Å²) in [6.07, 6.45) is 0. The summed E-state index contributed by atoms with van der Waals surface area (Å²) in [6.45, 7) is 1.70. The van der Waals surface area contributed by atoms with Crippen LogP contribution in [0.1, 0.15) is 17.3 Å². The van der Waals surface area contributed by atoms with Crippen molar-refractivity contribution in [1.29, 1.82) is 0 Å². The van der Waals surface area contributed by atoms with Gasteiger partial charge in [-0.15, -0.1) is 0 Å². The second-order valence-corrected chi connectivity index (χ2v) is 5.34. The number of benzene rings is 1. The van der Waals surface area contributed by atoms with Gasteiger partial charge in [0.2, 0.25) is 0 Å². The van der Waals surface area contributed by atoms with Gasteiger partial charge in [-0.3, -0.25) is 9.59 Å². The number of rotatable bonds is 4. The van der Waals surface area contributed by atoms with Crippen LogP contribution in [0.4, 0.5) is 0 Å². The highest BCUT2D eigenvalue weighted by Gasteiger charge is 2.20. The Bertz CT molecular complexity index is 478. The van der Waals surface area contributed by atoms with Gasteiger partial charge in [0.25, 0.3) is 5.91 Å². The van der Waals surface area contributed by atoms with E-state index in [1.54, 1.807) is 32.2 Å². The number of carboxylic acid groups (broad SMARTS) is 1. The maximum atomic E-state index is 12.1. The van der Waals surface area contributed by atoms with Crippen LogP contribution in [-0.2, 0) is 4.79 Å². The SMILES string of the molecule is CC(CN(C)C(=O)c1cc(Cl)ccc1Br)C(=O)O. The molecule has 1 amide bonds. The number of carbonyl (C=O) groups excluding carboxylic acids is 1. The predicted octanol–water partition coefficient (Wildman–Crippen LogP) is 2.90. The topological polar surface area (TPSA) is 57.6 Å². The molecule has 1 N–H and O–H groups in total. The Kier molecular flexibility index (Phi) is 5.16. The highest BCUT2D eigenvalue weighted by Crippen LogP contribution is 2.22. The Morgan fingerprint density at radius 3 is 2.67 bits per heavy atom. The van der Waals surface area contributed by atoms with Crippen LogP contribution in [0.25, 0.3) is 0 Å². The molecule has 0 heterocycles. The van der Waals surface area contributed by atoms with Crippen LogP contribution in [0.5, 0.6) is 0 Å². The third-order valence-corrected chi connectivity index (χ3v) is 3.40. The molecule has 0 aromatic heterocycles. The van der Waals surface area contributed by atoms with Crippen molar-refractivity contribution in [3.8, 4) is 0 Å². The van der Waals surface area contributed by atoms with Crippen molar-refractivity contribution >= 4 is 39.4 Å². The molecule has 98 valence electrons. The molecule has 0 radical (unpaired) electrons. The minimum absolute atomic E-state index is 0.146. The monoisotopic (exact) mass is 333 g/mol. The summed E-state index contributed by atoms with van der Waals surface area (Å²) in [4.78, 5) is 24.2. The van der Waals surface area contributed by atoms with E-state index >= 15 is 0 Å². The highest BCUT2D eigenvalue weighted by atomic mass is 79.9. The summed E-state index contributed by atoms with van der Waals surface area (Å²) < 4.78 is 0.631. The fourth-order valence-corrected chi connectivity index (χ4v) is 2.03. The molecule has 6 heteroatoms. The van der Waals surface area contributed by atoms with Gasteiger partial charge in [0.15, 0.2) is 0 Å². The van der Waals surface area contributed by atoms with E-state index in [1.807, 2.05) is 0 Å². The summed E-state index contributed by atoms with van der Waals surface area (Å²) in [5, 5.41) is 9.27. The first kappa shape index (κ1) is 15.0. The lowest BCUT2D eigenvalue weighted by Gasteiger charge is -2.20. The number of hydrogen-bond donors (Lipinski definition) is 1. The van der Waals surface area contributed by atoms with Crippen LogP contribution in [0.15, 0.2) is 22.7 Å². The molecule has 0 aliphatic rings. The fourth-order valence-electron chi connectivity index (χ4n) is 1.44. The van der Waals surface area contributed by atoms with Crippen molar-refractivity contribution in [2.24, 2.45) is 5.92 Å². The standard InChI is InChI=1S/C12H13BrClNO3/c1-7(12(17)18)6-15(2)11(16)9-5-8(14)3-4-10(9)13/h3-5,7H,6H2,1-2H3,(H,17,18). The molecule has 0 aliphatic carbocycles. The minimum atomic E-state index is -0.931. The number of halogens is 2. The van der Waals surface area contributed by atoms with Gasteiger partial charge in [-0.25, -0.2) is 0 Å². The number of aliphatic carboxylic acids is 1. The average molecular weight is 335 g/mol. The van der Waals surface area contributed by atoms with Gasteiger partial charge < -0.3 is 10.0 Å². The number of hydrogen-bond acceptors (Lipinski definition) is 2. The second kappa shape index (κ2) is 6.20. The first-order valence-corrected chi connectivity index (χ1v) is 6.43. The molecule has 1 unspecified atom stereocenters. The van der Waals surface area contributed by atoms with Gasteiger partial charge in [0.05, 0.1) is 11.5 Å². The summed E-state index contributed by atoms with van der Waals surface area (Å²) in [5.41, 5.74) is 0.419. The highest BCUT2D eigenvalue weighted by molar-refractivity contribution is 9.10. The predicted molar refractivity (Wildman–Crippen MR) is 72.9 cm³/mol. The van der Waals surface area contributed by atoms with E-state index in [0.29, 0.717) is 15.1 Å². The zero-order chi connectivity index (χ0) is 13.9. The molecule has 0 fully saturated rings. The maximum Gasteiger partial charge on any atom is 0.308 e. The summed E-state index contributed by atoms with van der Waals surface area (Å²) in [5.74, 6) is -1.81. The van der Waals surface area contributed by atoms with Gasteiger partial charge in [-0.1, -0.05) is 18.5 Å². The molecule has 0 bridgehead atoms. The number of carboxylic acids is 1. The first-order valence-electron chi connectivity index (χ1n) is 5.26. The lowest BCUT2D eigenvalue weighted by Crippen LogP contribution is -2.33. The van der Waals surface area contributed by atoms with E-state index in [-0.39, 0.29) is 12.5 Å². The van der Waals surface area contributed by atoms with Crippen molar-refractivity contribution in [1.82, 2.24) is 4.90 Å². The van der Waals surface area contributed by atoms with E-state index in [1.165, 1.54) is 4.90 Å². The van der Waals surface area contributed by atoms with Gasteiger partial charge in [0.1, 0.15) is 0 Å². The number of amides is 1. The molecule has 1 atom stereocenters. The molecule has 1 aromatic rings. The maximum absolute atomic E-state index is 12.1. The van der Waals surface area contributed by atoms with Crippen LogP contribution in [0, 0.1) is 5.92 Å². The molecule has 0 saturated carbocycles. The Balaban J connectivity index is 2.86. The molecule has 0 aliphatic heterocycles. The Hall–Kier alpha value is -1.07. The van der Waals surface area contributed by atoms with E-state index < -0.39 is 11.9 Å². The minimum Gasteiger partial charge on any atom is -0.481 e. The van der Waals surface area contributed by atoms with Gasteiger partial charge >= 0.3 is 5.97 Å². The van der Waals surface area contributed by atoms with E-state index in [0.717, 1.165) is 0 Å². The number of nitrogens with zero attached hydrogens (tertiary/aromatic N) is 1. The summed E-state index contributed by atoms with van der Waals surface area (Å²) in [6, 6.07) is 4.90. The van der Waals surface area contributed by atoms with E-state index in [2.05, 4.69) is 15.9 Å². The van der Waals surface area contributed by atoms with Crippen LogP contribution in [-0.4, -0.2) is 35.5 Å². The van der Waals surface area contributed by atoms with Gasteiger partial charge in [-0.05, 0) is 34.1 Å². The second-order valence-electron chi connectivity index (χ2n) is 4.05. The summed E-state index contributed by atoms with van der Waals surface area (Å²) in [7, 11) is 1.56. The van der Waals surface area contributed by atoms with Crippen molar-refractivity contribution < 1.29 is 14.7 Å². The summed E-state index contributed by atoms with van der Waals surface area (Å²) >= 11 is 9.11. The van der Waals surface area contributed by atoms with Crippen LogP contribution >= 0.6 is 27.5 Å². The molecule has 0 saturated heterocycles. The van der Waals surface area contributed by atoms with Crippen LogP contribution in [0.2, 0.25) is 5.02 Å². The Morgan fingerprint density at radius 1 is 1.50 bits per heavy atom. The zero-order valence-corrected chi connectivity index (χ0v) is 12.3. The average Bonchev–Trinajstić information content (AvgIpc) is 2.31. The smallest absolute Gasteiger partial charge is 0.308 e. The van der Waals surface area contributed by atoms with Crippen molar-refractivity contribution in [2.45, 2.75) is 6.92 Å². The molecular formula is C12H13BrClNO3. The van der Waals surface area contributed by atoms with Crippen molar-refractivity contribution in [3.05, 3.63) is 33.3 Å². The normalized spacial score (nSPS) is 12.0. The van der Waals surface area contributed by atoms with Crippen LogP contribution in [0.3, 0.4) is 0 Å². The van der Waals surface area contributed by atoms with Crippen molar-refractivity contribution in [3.63, 3.8) is 0 Å². The van der Waals surface area contributed by atoms with E-state index in [9.17, 15) is 9.59 Å². The van der Waals surface area contributed by atoms with Gasteiger partial charge in [0, 0.05) is 23.1 Å². The van der Waals surface area contributed by atoms with E-state index in [4.69, 9.17) is 16.7 Å². The molecule has 18 heavy (non-hydrogen) atoms. The van der Waals surface area contributed by atoms with Crippen molar-refractivity contribution in [2.75, 3.05) is 13.6 Å². The third-order valence-electron chi connectivity index (χ3n) is 2.47. The molecular weight excluding hydrogens is 321 g/mol. The molecule has 0 spiro atoms. The Labute approximate surface area is 119 Å². The van der Waals surface area contributed by atoms with Crippen LogP contribution < -0.4 is 0 Å². The third kappa shape index (κ3) is 3.71. The fraction of sp³-hybridized carbons (Fsp3) is 0.333. The lowest BCUT2D eigenvalue weighted by atomic mass is 10.1. The molecule has 4 nitrogen and oxygen atoms in total. The zero-order valence-electron chi connectivity index (χ0n) is 9.98. The number of carbonyl (C=O) groups is 2. The quantitative estimate of drug-likeness (QED) is 0.921. The first-order chi connectivity index (χ1) is 8.32. The Morgan fingerprint density at radius 2 is 2.11 bits per heavy atom. The largest absolute Gasteiger partial charge is 0.481 e. The van der Waals surface area contributed by atoms with Gasteiger partial charge in [-0.2, -0.15) is 0 Å². The lowest BCUT2D eigenvalue weighted by molar-refractivity contribution is -0.141.